The molecule has 72 valence electrons. The summed E-state index contributed by atoms with van der Waals surface area (Å²) in [5, 5.41) is 0. The van der Waals surface area contributed by atoms with Gasteiger partial charge in [-0.25, -0.2) is 0 Å². The third kappa shape index (κ3) is 3.86. The molecule has 0 rings (SSSR count). The summed E-state index contributed by atoms with van der Waals surface area (Å²) in [5.74, 6) is 0.462. The second-order valence-electron chi connectivity index (χ2n) is 3.92. The van der Waals surface area contributed by atoms with Crippen LogP contribution in [0.2, 0.25) is 0 Å². The number of hydrogen-bond acceptors (Lipinski definition) is 2. The van der Waals surface area contributed by atoms with Crippen LogP contribution in [0, 0.1) is 5.92 Å². The summed E-state index contributed by atoms with van der Waals surface area (Å²) < 4.78 is 5.18. The molecule has 0 heterocycles. The van der Waals surface area contributed by atoms with Gasteiger partial charge in [0.1, 0.15) is 5.78 Å². The van der Waals surface area contributed by atoms with Crippen molar-refractivity contribution < 1.29 is 9.53 Å². The van der Waals surface area contributed by atoms with Gasteiger partial charge in [0.05, 0.1) is 5.60 Å². The molecular weight excluding hydrogens is 152 g/mol. The van der Waals surface area contributed by atoms with E-state index in [4.69, 9.17) is 4.74 Å². The molecule has 0 N–H and O–H groups in total. The highest BCUT2D eigenvalue weighted by Crippen LogP contribution is 2.17. The zero-order chi connectivity index (χ0) is 9.78. The number of rotatable bonds is 5. The lowest BCUT2D eigenvalue weighted by atomic mass is 9.93. The van der Waals surface area contributed by atoms with Crippen LogP contribution < -0.4 is 0 Å². The van der Waals surface area contributed by atoms with Crippen LogP contribution in [0.1, 0.15) is 40.5 Å². The number of hydrogen-bond donors (Lipinski definition) is 0. The standard InChI is InChI=1S/C10H20O2/c1-6-8(2)9(11)7-10(3,4)12-5/h8H,6-7H2,1-5H3. The monoisotopic (exact) mass is 172 g/mol. The van der Waals surface area contributed by atoms with Crippen LogP contribution in [0.3, 0.4) is 0 Å². The molecule has 0 bridgehead atoms. The molecule has 0 aliphatic rings. The number of methoxy groups -OCH3 is 1. The van der Waals surface area contributed by atoms with E-state index in [1.165, 1.54) is 0 Å². The van der Waals surface area contributed by atoms with Crippen LogP contribution in [0.15, 0.2) is 0 Å². The fourth-order valence-corrected chi connectivity index (χ4v) is 0.894. The summed E-state index contributed by atoms with van der Waals surface area (Å²) >= 11 is 0. The van der Waals surface area contributed by atoms with Crippen molar-refractivity contribution in [1.29, 1.82) is 0 Å². The smallest absolute Gasteiger partial charge is 0.138 e. The Labute approximate surface area is 75.3 Å². The molecule has 0 aromatic carbocycles. The molecule has 2 nitrogen and oxygen atoms in total. The Hall–Kier alpha value is -0.370. The SMILES string of the molecule is CCC(C)C(=O)CC(C)(C)OC. The van der Waals surface area contributed by atoms with Gasteiger partial charge in [0.25, 0.3) is 0 Å². The third-order valence-corrected chi connectivity index (χ3v) is 2.31. The first-order valence-electron chi connectivity index (χ1n) is 4.50. The Kier molecular flexibility index (Phi) is 4.46. The summed E-state index contributed by atoms with van der Waals surface area (Å²) in [6.07, 6.45) is 1.43. The van der Waals surface area contributed by atoms with Gasteiger partial charge in [0, 0.05) is 19.4 Å². The quantitative estimate of drug-likeness (QED) is 0.636. The number of carbonyl (C=O) groups is 1. The second-order valence-corrected chi connectivity index (χ2v) is 3.92. The largest absolute Gasteiger partial charge is 0.378 e. The molecule has 0 saturated heterocycles. The normalized spacial score (nSPS) is 14.4. The van der Waals surface area contributed by atoms with E-state index in [0.717, 1.165) is 6.42 Å². The lowest BCUT2D eigenvalue weighted by Crippen LogP contribution is -2.28. The molecule has 0 fully saturated rings. The van der Waals surface area contributed by atoms with Gasteiger partial charge >= 0.3 is 0 Å². The van der Waals surface area contributed by atoms with Gasteiger partial charge in [-0.05, 0) is 20.3 Å². The molecule has 12 heavy (non-hydrogen) atoms. The molecule has 1 unspecified atom stereocenters. The topological polar surface area (TPSA) is 26.3 Å². The lowest BCUT2D eigenvalue weighted by Gasteiger charge is -2.23. The van der Waals surface area contributed by atoms with Gasteiger partial charge in [-0.1, -0.05) is 13.8 Å². The van der Waals surface area contributed by atoms with E-state index in [0.29, 0.717) is 12.2 Å². The Bertz CT molecular complexity index is 150. The minimum absolute atomic E-state index is 0.166. The summed E-state index contributed by atoms with van der Waals surface area (Å²) in [5.41, 5.74) is -0.305. The maximum atomic E-state index is 11.5. The van der Waals surface area contributed by atoms with Gasteiger partial charge < -0.3 is 4.74 Å². The first-order valence-corrected chi connectivity index (χ1v) is 4.50. The predicted octanol–water partition coefficient (Wildman–Crippen LogP) is 2.42. The lowest BCUT2D eigenvalue weighted by molar-refractivity contribution is -0.127. The Morgan fingerprint density at radius 2 is 2.00 bits per heavy atom. The van der Waals surface area contributed by atoms with Crippen LogP contribution in [0.4, 0.5) is 0 Å². The van der Waals surface area contributed by atoms with Crippen LogP contribution in [-0.2, 0) is 9.53 Å². The van der Waals surface area contributed by atoms with Crippen molar-refractivity contribution in [3.8, 4) is 0 Å². The van der Waals surface area contributed by atoms with Crippen molar-refractivity contribution >= 4 is 5.78 Å². The van der Waals surface area contributed by atoms with E-state index < -0.39 is 0 Å². The average Bonchev–Trinajstić information content (AvgIpc) is 2.02. The Morgan fingerprint density at radius 3 is 2.33 bits per heavy atom. The van der Waals surface area contributed by atoms with Crippen LogP contribution in [-0.4, -0.2) is 18.5 Å². The van der Waals surface area contributed by atoms with Crippen molar-refractivity contribution in [3.05, 3.63) is 0 Å². The van der Waals surface area contributed by atoms with Crippen LogP contribution in [0.5, 0.6) is 0 Å². The van der Waals surface area contributed by atoms with Crippen LogP contribution >= 0.6 is 0 Å². The maximum Gasteiger partial charge on any atom is 0.138 e. The molecule has 0 aromatic rings. The average molecular weight is 172 g/mol. The van der Waals surface area contributed by atoms with Crippen molar-refractivity contribution in [2.75, 3.05) is 7.11 Å². The molecule has 0 spiro atoms. The van der Waals surface area contributed by atoms with E-state index in [-0.39, 0.29) is 11.5 Å². The van der Waals surface area contributed by atoms with E-state index in [9.17, 15) is 4.79 Å². The Morgan fingerprint density at radius 1 is 1.50 bits per heavy atom. The van der Waals surface area contributed by atoms with Gasteiger partial charge in [0.2, 0.25) is 0 Å². The minimum atomic E-state index is -0.305. The van der Waals surface area contributed by atoms with E-state index in [2.05, 4.69) is 0 Å². The van der Waals surface area contributed by atoms with Gasteiger partial charge in [-0.2, -0.15) is 0 Å². The molecule has 0 aliphatic heterocycles. The van der Waals surface area contributed by atoms with Crippen molar-refractivity contribution in [3.63, 3.8) is 0 Å². The molecule has 0 aliphatic carbocycles. The summed E-state index contributed by atoms with van der Waals surface area (Å²) in [6.45, 7) is 7.87. The Balaban J connectivity index is 4.00. The first kappa shape index (κ1) is 11.6. The number of Topliss-reactive ketones (excluding diaryl/α,β-unsaturated/α-hetero) is 1. The molecule has 1 atom stereocenters. The van der Waals surface area contributed by atoms with Crippen LogP contribution in [0.25, 0.3) is 0 Å². The highest BCUT2D eigenvalue weighted by molar-refractivity contribution is 5.81. The summed E-state index contributed by atoms with van der Waals surface area (Å²) in [6, 6.07) is 0. The molecule has 0 amide bonds. The first-order chi connectivity index (χ1) is 5.43. The predicted molar refractivity (Wildman–Crippen MR) is 50.2 cm³/mol. The van der Waals surface area contributed by atoms with Gasteiger partial charge in [-0.3, -0.25) is 4.79 Å². The van der Waals surface area contributed by atoms with Gasteiger partial charge in [-0.15, -0.1) is 0 Å². The second kappa shape index (κ2) is 4.61. The molecule has 2 heteroatoms. The molecule has 0 aromatic heterocycles. The fraction of sp³-hybridized carbons (Fsp3) is 0.900. The number of ether oxygens (including phenoxy) is 1. The van der Waals surface area contributed by atoms with E-state index in [1.54, 1.807) is 7.11 Å². The maximum absolute atomic E-state index is 11.5. The van der Waals surface area contributed by atoms with E-state index in [1.807, 2.05) is 27.7 Å². The fourth-order valence-electron chi connectivity index (χ4n) is 0.894. The highest BCUT2D eigenvalue weighted by atomic mass is 16.5. The minimum Gasteiger partial charge on any atom is -0.378 e. The summed E-state index contributed by atoms with van der Waals surface area (Å²) in [4.78, 5) is 11.5. The summed E-state index contributed by atoms with van der Waals surface area (Å²) in [7, 11) is 1.64. The third-order valence-electron chi connectivity index (χ3n) is 2.31. The zero-order valence-corrected chi connectivity index (χ0v) is 8.81. The van der Waals surface area contributed by atoms with Crippen molar-refractivity contribution in [1.82, 2.24) is 0 Å². The van der Waals surface area contributed by atoms with Crippen molar-refractivity contribution in [2.24, 2.45) is 5.92 Å². The van der Waals surface area contributed by atoms with Crippen molar-refractivity contribution in [2.45, 2.75) is 46.1 Å². The van der Waals surface area contributed by atoms with E-state index >= 15 is 0 Å². The number of ketones is 1. The molecular formula is C10H20O2. The zero-order valence-electron chi connectivity index (χ0n) is 8.81. The molecule has 0 saturated carbocycles. The highest BCUT2D eigenvalue weighted by Gasteiger charge is 2.23. The van der Waals surface area contributed by atoms with Gasteiger partial charge in [0.15, 0.2) is 0 Å². The number of carbonyl (C=O) groups excluding carboxylic acids is 1. The molecule has 0 radical (unpaired) electrons.